The molecule has 280 valence electrons. The van der Waals surface area contributed by atoms with Crippen LogP contribution in [0.4, 0.5) is 39.5 Å². The molecule has 0 unspecified atom stereocenters. The summed E-state index contributed by atoms with van der Waals surface area (Å²) in [5.74, 6) is -6.11. The van der Waals surface area contributed by atoms with E-state index in [2.05, 4.69) is 4.74 Å². The molecule has 3 aliphatic rings. The van der Waals surface area contributed by atoms with Gasteiger partial charge in [0, 0.05) is 30.1 Å². The van der Waals surface area contributed by atoms with Crippen molar-refractivity contribution in [1.82, 2.24) is 4.90 Å². The van der Waals surface area contributed by atoms with E-state index in [9.17, 15) is 62.6 Å². The summed E-state index contributed by atoms with van der Waals surface area (Å²) in [5.41, 5.74) is -8.45. The predicted octanol–water partition coefficient (Wildman–Crippen LogP) is 7.43. The van der Waals surface area contributed by atoms with Gasteiger partial charge in [-0.2, -0.15) is 26.3 Å². The van der Waals surface area contributed by atoms with Gasteiger partial charge in [-0.1, -0.05) is 30.3 Å². The van der Waals surface area contributed by atoms with E-state index in [-0.39, 0.29) is 23.9 Å². The molecule has 17 heteroatoms. The second-order valence-electron chi connectivity index (χ2n) is 13.8. The van der Waals surface area contributed by atoms with Gasteiger partial charge in [-0.15, -0.1) is 0 Å². The molecule has 3 fully saturated rings. The second-order valence-corrected chi connectivity index (χ2v) is 16.0. The molecule has 6 rings (SSSR count). The molecule has 0 aromatic heterocycles. The highest BCUT2D eigenvalue weighted by molar-refractivity contribution is 7.92. The molecule has 1 atom stereocenters. The lowest BCUT2D eigenvalue weighted by atomic mass is 9.48. The first-order valence-electron chi connectivity index (χ1n) is 16.0. The zero-order chi connectivity index (χ0) is 38.1. The van der Waals surface area contributed by atoms with Crippen molar-refractivity contribution >= 4 is 21.7 Å². The van der Waals surface area contributed by atoms with Gasteiger partial charge in [-0.25, -0.2) is 21.6 Å². The van der Waals surface area contributed by atoms with Crippen molar-refractivity contribution in [3.8, 4) is 0 Å². The van der Waals surface area contributed by atoms with Crippen molar-refractivity contribution < 1.29 is 67.4 Å². The molecule has 0 bridgehead atoms. The Labute approximate surface area is 291 Å². The average molecular weight is 764 g/mol. The third kappa shape index (κ3) is 6.02. The monoisotopic (exact) mass is 763 g/mol. The number of carboxylic acid groups (broad SMARTS) is 1. The third-order valence-electron chi connectivity index (χ3n) is 10.7. The van der Waals surface area contributed by atoms with Crippen molar-refractivity contribution in [2.45, 2.75) is 66.3 Å². The standard InChI is InChI=1S/C35H30F9NO6S/c36-24-8-10-25(11-9-24)52(49,50)32(12-13-45(19-32)29(46)20-14-31(15-20)16-21(17-31)30(47)48)22-4-6-23(7-5-22)33(34(39,40)41,35(42,43)44)51-18-26-27(37)2-1-3-28(26)38/h1-11,20-21H,12-19H2,(H,47,48)/t20?,21?,31?,32-/m0/s1. The third-order valence-corrected chi connectivity index (χ3v) is 13.2. The Kier molecular flexibility index (Phi) is 9.25. The quantitative estimate of drug-likeness (QED) is 0.180. The smallest absolute Gasteiger partial charge is 0.430 e. The molecule has 1 spiro atoms. The van der Waals surface area contributed by atoms with Crippen LogP contribution < -0.4 is 0 Å². The van der Waals surface area contributed by atoms with Gasteiger partial charge in [0.05, 0.1) is 17.4 Å². The van der Waals surface area contributed by atoms with Crippen LogP contribution in [0.25, 0.3) is 0 Å². The Morgan fingerprint density at radius 3 is 1.87 bits per heavy atom. The first-order valence-corrected chi connectivity index (χ1v) is 17.5. The van der Waals surface area contributed by atoms with Gasteiger partial charge < -0.3 is 14.7 Å². The van der Waals surface area contributed by atoms with Gasteiger partial charge in [0.15, 0.2) is 9.84 Å². The number of alkyl halides is 6. The maximum absolute atomic E-state index is 14.5. The highest BCUT2D eigenvalue weighted by Gasteiger charge is 2.73. The Bertz CT molecular complexity index is 1930. The van der Waals surface area contributed by atoms with Crippen LogP contribution in [-0.4, -0.2) is 55.7 Å². The zero-order valence-electron chi connectivity index (χ0n) is 26.9. The molecule has 2 saturated carbocycles. The molecule has 1 amide bonds. The highest BCUT2D eigenvalue weighted by Crippen LogP contribution is 2.62. The fraction of sp³-hybridized carbons (Fsp3) is 0.429. The number of nitrogens with zero attached hydrogens (tertiary/aromatic N) is 1. The summed E-state index contributed by atoms with van der Waals surface area (Å²) in [4.78, 5) is 25.7. The SMILES string of the molecule is O=C(O)C1CC2(C1)CC(C(=O)N1CC[C@](c3ccc(C(OCc4c(F)cccc4F)(C(F)(F)F)C(F)(F)F)cc3)(S(=O)(=O)c3ccc(F)cc3)C1)C2. The topological polar surface area (TPSA) is 101 Å². The summed E-state index contributed by atoms with van der Waals surface area (Å²) < 4.78 is 160. The molecule has 7 nitrogen and oxygen atoms in total. The molecular formula is C35H30F9NO6S. The van der Waals surface area contributed by atoms with Crippen LogP contribution in [0.15, 0.2) is 71.6 Å². The van der Waals surface area contributed by atoms with Crippen molar-refractivity contribution in [2.24, 2.45) is 17.3 Å². The van der Waals surface area contributed by atoms with Crippen LogP contribution in [0, 0.1) is 34.7 Å². The maximum Gasteiger partial charge on any atom is 0.430 e. The highest BCUT2D eigenvalue weighted by atomic mass is 32.2. The predicted molar refractivity (Wildman–Crippen MR) is 163 cm³/mol. The minimum absolute atomic E-state index is 0.158. The van der Waals surface area contributed by atoms with Crippen molar-refractivity contribution in [2.75, 3.05) is 13.1 Å². The molecule has 1 saturated heterocycles. The zero-order valence-corrected chi connectivity index (χ0v) is 27.7. The van der Waals surface area contributed by atoms with Crippen LogP contribution in [0.2, 0.25) is 0 Å². The Hall–Kier alpha value is -4.12. The molecular weight excluding hydrogens is 733 g/mol. The second kappa shape index (κ2) is 12.8. The number of sulfone groups is 1. The summed E-state index contributed by atoms with van der Waals surface area (Å²) >= 11 is 0. The van der Waals surface area contributed by atoms with Gasteiger partial charge >= 0.3 is 18.3 Å². The van der Waals surface area contributed by atoms with E-state index < -0.39 is 103 Å². The summed E-state index contributed by atoms with van der Waals surface area (Å²) in [5, 5.41) is 9.22. The van der Waals surface area contributed by atoms with E-state index in [1.165, 1.54) is 4.90 Å². The minimum atomic E-state index is -6.24. The number of amides is 1. The van der Waals surface area contributed by atoms with Crippen LogP contribution >= 0.6 is 0 Å². The van der Waals surface area contributed by atoms with Crippen LogP contribution in [0.5, 0.6) is 0 Å². The normalized spacial score (nSPS) is 25.1. The van der Waals surface area contributed by atoms with Crippen LogP contribution in [-0.2, 0) is 41.1 Å². The molecule has 0 radical (unpaired) electrons. The first-order chi connectivity index (χ1) is 24.2. The largest absolute Gasteiger partial charge is 0.481 e. The molecule has 1 N–H and O–H groups in total. The van der Waals surface area contributed by atoms with E-state index in [0.29, 0.717) is 49.9 Å². The molecule has 1 aliphatic heterocycles. The summed E-state index contributed by atoms with van der Waals surface area (Å²) in [7, 11) is -4.63. The van der Waals surface area contributed by atoms with Gasteiger partial charge in [0.2, 0.25) is 5.91 Å². The van der Waals surface area contributed by atoms with E-state index in [1.807, 2.05) is 0 Å². The molecule has 3 aromatic rings. The number of carbonyl (C=O) groups is 2. The van der Waals surface area contributed by atoms with Gasteiger partial charge in [0.1, 0.15) is 22.2 Å². The number of likely N-dealkylation sites (tertiary alicyclic amines) is 1. The number of hydrogen-bond acceptors (Lipinski definition) is 5. The fourth-order valence-electron chi connectivity index (χ4n) is 7.93. The average Bonchev–Trinajstić information content (AvgIpc) is 3.48. The molecule has 2 aliphatic carbocycles. The Morgan fingerprint density at radius 2 is 1.35 bits per heavy atom. The lowest BCUT2D eigenvalue weighted by molar-refractivity contribution is -0.392. The number of benzene rings is 3. The first kappa shape index (κ1) is 37.6. The summed E-state index contributed by atoms with van der Waals surface area (Å²) in [6.45, 7) is -2.48. The van der Waals surface area contributed by atoms with Gasteiger partial charge in [0.25, 0.3) is 5.60 Å². The number of carbonyl (C=O) groups excluding carboxylic acids is 1. The lowest BCUT2D eigenvalue weighted by Crippen LogP contribution is -2.56. The van der Waals surface area contributed by atoms with Crippen molar-refractivity contribution in [3.05, 3.63) is 101 Å². The van der Waals surface area contributed by atoms with E-state index in [1.54, 1.807) is 0 Å². The number of hydrogen-bond donors (Lipinski definition) is 1. The molecule has 1 heterocycles. The van der Waals surface area contributed by atoms with E-state index >= 15 is 0 Å². The summed E-state index contributed by atoms with van der Waals surface area (Å²) in [6, 6.07) is 7.93. The van der Waals surface area contributed by atoms with Gasteiger partial charge in [-0.05, 0) is 79.5 Å². The van der Waals surface area contributed by atoms with E-state index in [4.69, 9.17) is 0 Å². The Balaban J connectivity index is 1.36. The minimum Gasteiger partial charge on any atom is -0.481 e. The molecule has 3 aromatic carbocycles. The summed E-state index contributed by atoms with van der Waals surface area (Å²) in [6.07, 6.45) is -11.3. The number of ether oxygens (including phenoxy) is 1. The number of aliphatic carboxylic acids is 1. The maximum atomic E-state index is 14.5. The van der Waals surface area contributed by atoms with E-state index in [0.717, 1.165) is 42.5 Å². The van der Waals surface area contributed by atoms with Crippen LogP contribution in [0.1, 0.15) is 48.8 Å². The van der Waals surface area contributed by atoms with Crippen LogP contribution in [0.3, 0.4) is 0 Å². The number of carboxylic acids is 1. The number of halogens is 9. The Morgan fingerprint density at radius 1 is 0.808 bits per heavy atom. The van der Waals surface area contributed by atoms with Crippen molar-refractivity contribution in [3.63, 3.8) is 0 Å². The molecule has 52 heavy (non-hydrogen) atoms. The fourth-order valence-corrected chi connectivity index (χ4v) is 10.0. The van der Waals surface area contributed by atoms with Crippen molar-refractivity contribution in [1.29, 1.82) is 0 Å². The number of rotatable bonds is 9. The van der Waals surface area contributed by atoms with Gasteiger partial charge in [-0.3, -0.25) is 9.59 Å². The lowest BCUT2D eigenvalue weighted by Gasteiger charge is -2.56.